The fourth-order valence-electron chi connectivity index (χ4n) is 3.31. The van der Waals surface area contributed by atoms with E-state index in [0.717, 1.165) is 17.8 Å². The van der Waals surface area contributed by atoms with Crippen LogP contribution in [0.5, 0.6) is 0 Å². The molecule has 1 heterocycles. The molecule has 0 aromatic heterocycles. The average molecular weight is 390 g/mol. The lowest BCUT2D eigenvalue weighted by atomic mass is 10.1. The van der Waals surface area contributed by atoms with Crippen LogP contribution in [0.15, 0.2) is 42.6 Å². The van der Waals surface area contributed by atoms with Crippen molar-refractivity contribution in [2.45, 2.75) is 27.2 Å². The van der Waals surface area contributed by atoms with Crippen LogP contribution in [0, 0.1) is 11.7 Å². The molecule has 1 aromatic rings. The van der Waals surface area contributed by atoms with Gasteiger partial charge in [0.05, 0.1) is 18.9 Å². The van der Waals surface area contributed by atoms with Gasteiger partial charge < -0.3 is 19.9 Å². The molecule has 6 heteroatoms. The molecule has 0 unspecified atom stereocenters. The summed E-state index contributed by atoms with van der Waals surface area (Å²) in [5.41, 5.74) is 2.46. The standard InChI is InChI=1S/C22H32FN3O2/c1-5-7-17(3)26(16-19(6-2)15-24-18(4)27)20-8-9-22(21(23)14-20)25-10-12-28-13-11-25/h6-9,14,19H,2,5,10-13,15-16H2,1,3-4H3,(H,24,27)/b17-7-/t19-/m0/s1. The van der Waals surface area contributed by atoms with Crippen LogP contribution in [0.3, 0.4) is 0 Å². The summed E-state index contributed by atoms with van der Waals surface area (Å²) < 4.78 is 20.3. The summed E-state index contributed by atoms with van der Waals surface area (Å²) in [6, 6.07) is 5.40. The number of nitrogens with zero attached hydrogens (tertiary/aromatic N) is 2. The summed E-state index contributed by atoms with van der Waals surface area (Å²) in [6.07, 6.45) is 4.84. The Morgan fingerprint density at radius 3 is 2.68 bits per heavy atom. The summed E-state index contributed by atoms with van der Waals surface area (Å²) in [5, 5.41) is 2.84. The van der Waals surface area contributed by atoms with Crippen molar-refractivity contribution in [2.75, 3.05) is 49.2 Å². The number of ether oxygens (including phenoxy) is 1. The zero-order valence-corrected chi connectivity index (χ0v) is 17.2. The molecule has 1 fully saturated rings. The Bertz CT molecular complexity index is 699. The van der Waals surface area contributed by atoms with Crippen molar-refractivity contribution in [3.8, 4) is 0 Å². The van der Waals surface area contributed by atoms with Crippen molar-refractivity contribution in [1.29, 1.82) is 0 Å². The zero-order chi connectivity index (χ0) is 20.5. The summed E-state index contributed by atoms with van der Waals surface area (Å²) in [6.45, 7) is 13.2. The summed E-state index contributed by atoms with van der Waals surface area (Å²) in [7, 11) is 0. The molecule has 1 N–H and O–H groups in total. The number of carbonyl (C=O) groups is 1. The van der Waals surface area contributed by atoms with E-state index in [0.29, 0.717) is 45.1 Å². The third-order valence-corrected chi connectivity index (χ3v) is 4.88. The molecule has 1 atom stereocenters. The van der Waals surface area contributed by atoms with Crippen molar-refractivity contribution in [3.63, 3.8) is 0 Å². The predicted octanol–water partition coefficient (Wildman–Crippen LogP) is 3.72. The molecule has 5 nitrogen and oxygen atoms in total. The summed E-state index contributed by atoms with van der Waals surface area (Å²) >= 11 is 0. The Labute approximate surface area is 167 Å². The molecule has 0 bridgehead atoms. The second kappa shape index (κ2) is 10.9. The quantitative estimate of drug-likeness (QED) is 0.654. The van der Waals surface area contributed by atoms with Crippen LogP contribution in [0.4, 0.5) is 15.8 Å². The van der Waals surface area contributed by atoms with Crippen LogP contribution in [0.1, 0.15) is 27.2 Å². The molecule has 0 radical (unpaired) electrons. The lowest BCUT2D eigenvalue weighted by Crippen LogP contribution is -2.37. The highest BCUT2D eigenvalue weighted by molar-refractivity contribution is 5.72. The Morgan fingerprint density at radius 2 is 2.11 bits per heavy atom. The molecule has 154 valence electrons. The van der Waals surface area contributed by atoms with Crippen LogP contribution in [0.25, 0.3) is 0 Å². The lowest BCUT2D eigenvalue weighted by molar-refractivity contribution is -0.119. The van der Waals surface area contributed by atoms with E-state index in [1.165, 1.54) is 6.92 Å². The van der Waals surface area contributed by atoms with E-state index in [1.54, 1.807) is 6.07 Å². The van der Waals surface area contributed by atoms with E-state index < -0.39 is 0 Å². The minimum Gasteiger partial charge on any atom is -0.378 e. The van der Waals surface area contributed by atoms with Crippen LogP contribution in [0.2, 0.25) is 0 Å². The van der Waals surface area contributed by atoms with Crippen molar-refractivity contribution in [1.82, 2.24) is 5.32 Å². The fraction of sp³-hybridized carbons (Fsp3) is 0.500. The summed E-state index contributed by atoms with van der Waals surface area (Å²) in [5.74, 6) is -0.253. The Balaban J connectivity index is 2.24. The number of amides is 1. The van der Waals surface area contributed by atoms with E-state index in [1.807, 2.05) is 30.0 Å². The molecule has 28 heavy (non-hydrogen) atoms. The van der Waals surface area contributed by atoms with Gasteiger partial charge in [0.2, 0.25) is 5.91 Å². The molecule has 0 saturated carbocycles. The molecular weight excluding hydrogens is 357 g/mol. The SMILES string of the molecule is C=C[C@@H](CNC(C)=O)CN(/C(C)=C\CC)c1ccc(N2CCOCC2)c(F)c1. The second-order valence-electron chi connectivity index (χ2n) is 7.03. The third-order valence-electron chi connectivity index (χ3n) is 4.88. The van der Waals surface area contributed by atoms with Gasteiger partial charge in [-0.15, -0.1) is 6.58 Å². The van der Waals surface area contributed by atoms with Crippen molar-refractivity contribution < 1.29 is 13.9 Å². The number of hydrogen-bond acceptors (Lipinski definition) is 4. The van der Waals surface area contributed by atoms with Crippen molar-refractivity contribution in [3.05, 3.63) is 48.4 Å². The molecule has 2 rings (SSSR count). The largest absolute Gasteiger partial charge is 0.378 e. The number of allylic oxidation sites excluding steroid dienone is 2. The van der Waals surface area contributed by atoms with Gasteiger partial charge >= 0.3 is 0 Å². The number of rotatable bonds is 9. The number of anilines is 2. The molecule has 1 aliphatic heterocycles. The lowest BCUT2D eigenvalue weighted by Gasteiger charge is -2.32. The first-order valence-corrected chi connectivity index (χ1v) is 9.89. The Hall–Kier alpha value is -2.34. The topological polar surface area (TPSA) is 44.8 Å². The van der Waals surface area contributed by atoms with Crippen LogP contribution in [-0.2, 0) is 9.53 Å². The van der Waals surface area contributed by atoms with Gasteiger partial charge in [0.25, 0.3) is 0 Å². The fourth-order valence-corrected chi connectivity index (χ4v) is 3.31. The highest BCUT2D eigenvalue weighted by atomic mass is 19.1. The third kappa shape index (κ3) is 6.09. The maximum atomic E-state index is 14.9. The molecular formula is C22H32FN3O2. The minimum atomic E-state index is -0.231. The van der Waals surface area contributed by atoms with Gasteiger partial charge in [-0.2, -0.15) is 0 Å². The van der Waals surface area contributed by atoms with E-state index in [2.05, 4.69) is 29.8 Å². The van der Waals surface area contributed by atoms with Crippen LogP contribution >= 0.6 is 0 Å². The van der Waals surface area contributed by atoms with E-state index in [4.69, 9.17) is 4.74 Å². The normalized spacial score (nSPS) is 15.9. The number of halogens is 1. The van der Waals surface area contributed by atoms with Gasteiger partial charge in [-0.25, -0.2) is 4.39 Å². The van der Waals surface area contributed by atoms with Gasteiger partial charge in [-0.3, -0.25) is 4.79 Å². The number of nitrogens with one attached hydrogen (secondary N) is 1. The number of hydrogen-bond donors (Lipinski definition) is 1. The van der Waals surface area contributed by atoms with Gasteiger partial charge in [0, 0.05) is 50.4 Å². The maximum absolute atomic E-state index is 14.9. The molecule has 0 aliphatic carbocycles. The first-order chi connectivity index (χ1) is 13.5. The predicted molar refractivity (Wildman–Crippen MR) is 113 cm³/mol. The minimum absolute atomic E-state index is 0.0473. The number of morpholine rings is 1. The highest BCUT2D eigenvalue weighted by Crippen LogP contribution is 2.28. The maximum Gasteiger partial charge on any atom is 0.216 e. The zero-order valence-electron chi connectivity index (χ0n) is 17.2. The summed E-state index contributed by atoms with van der Waals surface area (Å²) in [4.78, 5) is 15.4. The highest BCUT2D eigenvalue weighted by Gasteiger charge is 2.19. The van der Waals surface area contributed by atoms with Crippen LogP contribution in [-0.4, -0.2) is 45.3 Å². The molecule has 1 saturated heterocycles. The van der Waals surface area contributed by atoms with Gasteiger partial charge in [0.1, 0.15) is 5.82 Å². The Morgan fingerprint density at radius 1 is 1.39 bits per heavy atom. The van der Waals surface area contributed by atoms with E-state index >= 15 is 0 Å². The molecule has 1 aromatic carbocycles. The van der Waals surface area contributed by atoms with Crippen molar-refractivity contribution >= 4 is 17.3 Å². The van der Waals surface area contributed by atoms with Crippen molar-refractivity contribution in [2.24, 2.45) is 5.92 Å². The van der Waals surface area contributed by atoms with E-state index in [9.17, 15) is 9.18 Å². The van der Waals surface area contributed by atoms with E-state index in [-0.39, 0.29) is 17.6 Å². The smallest absolute Gasteiger partial charge is 0.216 e. The van der Waals surface area contributed by atoms with Gasteiger partial charge in [-0.1, -0.05) is 19.1 Å². The van der Waals surface area contributed by atoms with Crippen LogP contribution < -0.4 is 15.1 Å². The first-order valence-electron chi connectivity index (χ1n) is 9.89. The first kappa shape index (κ1) is 22.0. The second-order valence-corrected chi connectivity index (χ2v) is 7.03. The average Bonchev–Trinajstić information content (AvgIpc) is 2.68. The van der Waals surface area contributed by atoms with Gasteiger partial charge in [-0.05, 0) is 31.5 Å². The van der Waals surface area contributed by atoms with Gasteiger partial charge in [0.15, 0.2) is 0 Å². The number of carbonyl (C=O) groups excluding carboxylic acids is 1. The Kier molecular flexibility index (Phi) is 8.51. The molecule has 1 aliphatic rings. The molecule has 0 spiro atoms. The molecule has 1 amide bonds. The monoisotopic (exact) mass is 389 g/mol. The number of benzene rings is 1.